The molecule has 2 aromatic rings. The quantitative estimate of drug-likeness (QED) is 0.831. The number of piperidine rings is 1. The number of hydrogen-bond acceptors (Lipinski definition) is 2. The predicted molar refractivity (Wildman–Crippen MR) is 93.6 cm³/mol. The summed E-state index contributed by atoms with van der Waals surface area (Å²) in [5.74, 6) is 0.789. The lowest BCUT2D eigenvalue weighted by Gasteiger charge is -2.34. The zero-order valence-electron chi connectivity index (χ0n) is 12.1. The van der Waals surface area contributed by atoms with Crippen LogP contribution >= 0.6 is 15.9 Å². The highest BCUT2D eigenvalue weighted by atomic mass is 79.9. The van der Waals surface area contributed by atoms with E-state index in [1.807, 2.05) is 12.1 Å². The van der Waals surface area contributed by atoms with Gasteiger partial charge in [0.05, 0.1) is 11.4 Å². The first-order chi connectivity index (χ1) is 10.2. The van der Waals surface area contributed by atoms with Crippen LogP contribution in [0.1, 0.15) is 18.4 Å². The van der Waals surface area contributed by atoms with Gasteiger partial charge in [0.25, 0.3) is 0 Å². The maximum absolute atomic E-state index is 6.12. The number of benzene rings is 2. The minimum Gasteiger partial charge on any atom is -0.397 e. The van der Waals surface area contributed by atoms with Crippen LogP contribution in [0.15, 0.2) is 53.0 Å². The van der Waals surface area contributed by atoms with E-state index in [-0.39, 0.29) is 0 Å². The van der Waals surface area contributed by atoms with Gasteiger partial charge in [-0.1, -0.05) is 46.3 Å². The van der Waals surface area contributed by atoms with Crippen LogP contribution in [-0.4, -0.2) is 13.1 Å². The Morgan fingerprint density at radius 1 is 1.05 bits per heavy atom. The summed E-state index contributed by atoms with van der Waals surface area (Å²) < 4.78 is 1.10. The molecular formula is C18H21BrN2. The van der Waals surface area contributed by atoms with Gasteiger partial charge < -0.3 is 10.6 Å². The van der Waals surface area contributed by atoms with Gasteiger partial charge in [-0.25, -0.2) is 0 Å². The molecule has 1 saturated heterocycles. The smallest absolute Gasteiger partial charge is 0.0611 e. The van der Waals surface area contributed by atoms with Gasteiger partial charge in [-0.05, 0) is 48.9 Å². The SMILES string of the molecule is Nc1ccc(Br)cc1N1CCC(Cc2ccccc2)CC1. The van der Waals surface area contributed by atoms with E-state index in [4.69, 9.17) is 5.73 Å². The van der Waals surface area contributed by atoms with E-state index in [1.165, 1.54) is 30.5 Å². The number of hydrogen-bond donors (Lipinski definition) is 1. The molecule has 1 fully saturated rings. The summed E-state index contributed by atoms with van der Waals surface area (Å²) in [5.41, 5.74) is 9.62. The Hall–Kier alpha value is -1.48. The first kappa shape index (κ1) is 14.5. The van der Waals surface area contributed by atoms with E-state index < -0.39 is 0 Å². The Kier molecular flexibility index (Phi) is 4.49. The molecule has 0 radical (unpaired) electrons. The maximum Gasteiger partial charge on any atom is 0.0611 e. The number of nitrogen functional groups attached to an aromatic ring is 1. The van der Waals surface area contributed by atoms with Crippen LogP contribution < -0.4 is 10.6 Å². The molecule has 0 atom stereocenters. The molecule has 0 spiro atoms. The Balaban J connectivity index is 1.61. The number of anilines is 2. The largest absolute Gasteiger partial charge is 0.397 e. The van der Waals surface area contributed by atoms with Crippen LogP contribution in [0.2, 0.25) is 0 Å². The zero-order chi connectivity index (χ0) is 14.7. The van der Waals surface area contributed by atoms with Crippen LogP contribution in [0.5, 0.6) is 0 Å². The topological polar surface area (TPSA) is 29.3 Å². The van der Waals surface area contributed by atoms with E-state index in [9.17, 15) is 0 Å². The summed E-state index contributed by atoms with van der Waals surface area (Å²) in [5, 5.41) is 0. The molecule has 0 unspecified atom stereocenters. The molecule has 2 nitrogen and oxygen atoms in total. The lowest BCUT2D eigenvalue weighted by atomic mass is 9.90. The van der Waals surface area contributed by atoms with Crippen molar-refractivity contribution in [2.75, 3.05) is 23.7 Å². The van der Waals surface area contributed by atoms with Crippen molar-refractivity contribution >= 4 is 27.3 Å². The standard InChI is InChI=1S/C18H21BrN2/c19-16-6-7-17(20)18(13-16)21-10-8-15(9-11-21)12-14-4-2-1-3-5-14/h1-7,13,15H,8-12,20H2. The number of nitrogens with zero attached hydrogens (tertiary/aromatic N) is 1. The van der Waals surface area contributed by atoms with Crippen LogP contribution in [-0.2, 0) is 6.42 Å². The van der Waals surface area contributed by atoms with E-state index in [0.717, 1.165) is 29.2 Å². The second-order valence-electron chi connectivity index (χ2n) is 5.82. The molecule has 2 N–H and O–H groups in total. The average molecular weight is 345 g/mol. The summed E-state index contributed by atoms with van der Waals surface area (Å²) in [4.78, 5) is 2.42. The highest BCUT2D eigenvalue weighted by Gasteiger charge is 2.21. The van der Waals surface area contributed by atoms with Crippen molar-refractivity contribution in [2.24, 2.45) is 5.92 Å². The summed E-state index contributed by atoms with van der Waals surface area (Å²) >= 11 is 3.54. The fourth-order valence-corrected chi connectivity index (χ4v) is 3.47. The van der Waals surface area contributed by atoms with Crippen LogP contribution in [0.25, 0.3) is 0 Å². The van der Waals surface area contributed by atoms with Gasteiger partial charge in [0.1, 0.15) is 0 Å². The van der Waals surface area contributed by atoms with Crippen LogP contribution in [0.4, 0.5) is 11.4 Å². The van der Waals surface area contributed by atoms with Crippen molar-refractivity contribution < 1.29 is 0 Å². The van der Waals surface area contributed by atoms with Crippen LogP contribution in [0.3, 0.4) is 0 Å². The van der Waals surface area contributed by atoms with Gasteiger partial charge in [0.2, 0.25) is 0 Å². The molecule has 110 valence electrons. The third-order valence-electron chi connectivity index (χ3n) is 4.31. The van der Waals surface area contributed by atoms with Crippen molar-refractivity contribution in [3.05, 3.63) is 58.6 Å². The Morgan fingerprint density at radius 3 is 2.48 bits per heavy atom. The molecule has 0 bridgehead atoms. The molecule has 21 heavy (non-hydrogen) atoms. The number of rotatable bonds is 3. The fraction of sp³-hybridized carbons (Fsp3) is 0.333. The average Bonchev–Trinajstić information content (AvgIpc) is 2.52. The van der Waals surface area contributed by atoms with Crippen molar-refractivity contribution in [3.63, 3.8) is 0 Å². The number of nitrogens with two attached hydrogens (primary N) is 1. The van der Waals surface area contributed by atoms with Gasteiger partial charge in [0, 0.05) is 17.6 Å². The van der Waals surface area contributed by atoms with E-state index >= 15 is 0 Å². The molecule has 2 aromatic carbocycles. The first-order valence-corrected chi connectivity index (χ1v) is 8.35. The van der Waals surface area contributed by atoms with Crippen molar-refractivity contribution in [1.82, 2.24) is 0 Å². The van der Waals surface area contributed by atoms with Crippen molar-refractivity contribution in [1.29, 1.82) is 0 Å². The Labute approximate surface area is 135 Å². The second-order valence-corrected chi connectivity index (χ2v) is 6.74. The minimum atomic E-state index is 0.789. The van der Waals surface area contributed by atoms with Crippen LogP contribution in [0, 0.1) is 5.92 Å². The summed E-state index contributed by atoms with van der Waals surface area (Å²) in [6.07, 6.45) is 3.67. The van der Waals surface area contributed by atoms with Gasteiger partial charge in [-0.2, -0.15) is 0 Å². The molecular weight excluding hydrogens is 324 g/mol. The monoisotopic (exact) mass is 344 g/mol. The highest BCUT2D eigenvalue weighted by Crippen LogP contribution is 2.31. The third-order valence-corrected chi connectivity index (χ3v) is 4.81. The Morgan fingerprint density at radius 2 is 1.76 bits per heavy atom. The molecule has 0 aliphatic carbocycles. The highest BCUT2D eigenvalue weighted by molar-refractivity contribution is 9.10. The van der Waals surface area contributed by atoms with Gasteiger partial charge in [0.15, 0.2) is 0 Å². The molecule has 1 aliphatic rings. The molecule has 1 heterocycles. The summed E-state index contributed by atoms with van der Waals surface area (Å²) in [6, 6.07) is 16.9. The third kappa shape index (κ3) is 3.59. The lowest BCUT2D eigenvalue weighted by molar-refractivity contribution is 0.404. The van der Waals surface area contributed by atoms with Crippen molar-refractivity contribution in [3.8, 4) is 0 Å². The minimum absolute atomic E-state index is 0.789. The van der Waals surface area contributed by atoms with Gasteiger partial charge in [-0.15, -0.1) is 0 Å². The molecule has 0 amide bonds. The maximum atomic E-state index is 6.12. The Bertz CT molecular complexity index is 589. The van der Waals surface area contributed by atoms with E-state index in [1.54, 1.807) is 0 Å². The molecule has 0 saturated carbocycles. The van der Waals surface area contributed by atoms with Crippen molar-refractivity contribution in [2.45, 2.75) is 19.3 Å². The summed E-state index contributed by atoms with van der Waals surface area (Å²) in [6.45, 7) is 2.19. The summed E-state index contributed by atoms with van der Waals surface area (Å²) in [7, 11) is 0. The predicted octanol–water partition coefficient (Wildman–Crippen LogP) is 4.49. The van der Waals surface area contributed by atoms with Gasteiger partial charge >= 0.3 is 0 Å². The number of halogens is 1. The fourth-order valence-electron chi connectivity index (χ4n) is 3.12. The molecule has 0 aromatic heterocycles. The second kappa shape index (κ2) is 6.52. The molecule has 3 heteroatoms. The molecule has 1 aliphatic heterocycles. The van der Waals surface area contributed by atoms with E-state index in [2.05, 4.69) is 57.2 Å². The zero-order valence-corrected chi connectivity index (χ0v) is 13.7. The molecule has 3 rings (SSSR count). The van der Waals surface area contributed by atoms with Gasteiger partial charge in [-0.3, -0.25) is 0 Å². The lowest BCUT2D eigenvalue weighted by Crippen LogP contribution is -2.34. The normalized spacial score (nSPS) is 16.1. The van der Waals surface area contributed by atoms with E-state index in [0.29, 0.717) is 0 Å². The first-order valence-electron chi connectivity index (χ1n) is 7.56.